The van der Waals surface area contributed by atoms with Gasteiger partial charge >= 0.3 is 0 Å². The number of ether oxygens (including phenoxy) is 1. The van der Waals surface area contributed by atoms with Gasteiger partial charge in [0.25, 0.3) is 40.1 Å². The van der Waals surface area contributed by atoms with E-state index in [1.165, 1.54) is 21.9 Å². The number of anilines is 2. The number of para-hydroxylation sites is 2. The molecule has 0 spiro atoms. The number of amides is 2. The second kappa shape index (κ2) is 25.7. The number of nitrogens with one attached hydrogen (secondary N) is 3. The Balaban J connectivity index is 0.000000354. The molecule has 0 aliphatic carbocycles. The molecule has 2 aromatic carbocycles. The maximum absolute atomic E-state index is 12.2. The summed E-state index contributed by atoms with van der Waals surface area (Å²) in [6, 6.07) is 16.9. The third-order valence-corrected chi connectivity index (χ3v) is 9.96. The van der Waals surface area contributed by atoms with Crippen molar-refractivity contribution in [3.8, 4) is 11.5 Å². The van der Waals surface area contributed by atoms with Gasteiger partial charge in [-0.2, -0.15) is 0 Å². The minimum atomic E-state index is -1.79. The number of phenols is 2. The molecule has 0 saturated heterocycles. The van der Waals surface area contributed by atoms with Crippen molar-refractivity contribution in [3.63, 3.8) is 0 Å². The fraction of sp³-hybridized carbons (Fsp3) is 0.381. The van der Waals surface area contributed by atoms with E-state index in [0.717, 1.165) is 36.6 Å². The first-order valence-electron chi connectivity index (χ1n) is 19.5. The molecule has 0 radical (unpaired) electrons. The summed E-state index contributed by atoms with van der Waals surface area (Å²) < 4.78 is 55.0. The molecule has 2 aliphatic rings. The first kappa shape index (κ1) is 53.8. The molecule has 350 valence electrons. The van der Waals surface area contributed by atoms with Gasteiger partial charge in [0.15, 0.2) is 23.2 Å². The second-order valence-electron chi connectivity index (χ2n) is 13.7. The van der Waals surface area contributed by atoms with E-state index in [4.69, 9.17) is 24.4 Å². The lowest BCUT2D eigenvalue weighted by molar-refractivity contribution is 0.0817. The summed E-state index contributed by atoms with van der Waals surface area (Å²) in [5, 5.41) is 36.6. The van der Waals surface area contributed by atoms with Crippen LogP contribution in [-0.2, 0) is 27.1 Å². The van der Waals surface area contributed by atoms with Crippen LogP contribution in [0.4, 0.5) is 11.4 Å². The first-order chi connectivity index (χ1) is 30.0. The number of nitrogens with zero attached hydrogens (tertiary/aromatic N) is 6. The molecule has 6 rings (SSSR count). The molecule has 2 aliphatic heterocycles. The van der Waals surface area contributed by atoms with Gasteiger partial charge in [-0.15, -0.1) is 17.6 Å². The van der Waals surface area contributed by atoms with Crippen LogP contribution in [0.3, 0.4) is 0 Å². The highest BCUT2D eigenvalue weighted by molar-refractivity contribution is 7.83. The van der Waals surface area contributed by atoms with Crippen molar-refractivity contribution in [2.75, 3.05) is 52.5 Å². The summed E-state index contributed by atoms with van der Waals surface area (Å²) >= 11 is -3.55. The van der Waals surface area contributed by atoms with Crippen LogP contribution in [0.1, 0.15) is 96.9 Å². The highest BCUT2D eigenvalue weighted by Crippen LogP contribution is 2.30. The second-order valence-corrected chi connectivity index (χ2v) is 15.3. The van der Waals surface area contributed by atoms with Crippen LogP contribution in [-0.4, -0.2) is 111 Å². The van der Waals surface area contributed by atoms with Gasteiger partial charge in [0.05, 0.1) is 41.2 Å². The number of nitrogens with two attached hydrogens (primary N) is 1. The van der Waals surface area contributed by atoms with Crippen LogP contribution in [0.2, 0.25) is 0 Å². The molecule has 64 heavy (non-hydrogen) atoms. The SMILES string of the molecule is C.CCOC1=NS(=O)N=C1Nc1cccc(C(=O)N(C)C)c1O.CC[C@@H](N)c1ccc(C)o1.CC[C@@H](NC1=NS(=O)N=C1Nc1cccc(C(=O)N(C)C)c1O)c1ccc(C)o1.CO. The smallest absolute Gasteiger partial charge is 0.271 e. The molecule has 4 heterocycles. The zero-order chi connectivity index (χ0) is 47.0. The van der Waals surface area contributed by atoms with E-state index in [-0.39, 0.29) is 88.7 Å². The van der Waals surface area contributed by atoms with Crippen LogP contribution in [0.5, 0.6) is 11.5 Å². The van der Waals surface area contributed by atoms with E-state index in [1.54, 1.807) is 59.4 Å². The number of aryl methyl sites for hydroxylation is 2. The lowest BCUT2D eigenvalue weighted by Gasteiger charge is -2.18. The number of aliphatic hydroxyl groups is 1. The number of rotatable bonds is 10. The lowest BCUT2D eigenvalue weighted by atomic mass is 10.1. The van der Waals surface area contributed by atoms with Crippen molar-refractivity contribution in [2.45, 2.75) is 67.0 Å². The molecular weight excluding hydrogens is 869 g/mol. The summed E-state index contributed by atoms with van der Waals surface area (Å²) in [5.74, 6) is 2.95. The van der Waals surface area contributed by atoms with E-state index in [2.05, 4.69) is 33.5 Å². The van der Waals surface area contributed by atoms with Gasteiger partial charge in [-0.3, -0.25) is 9.59 Å². The number of benzene rings is 2. The number of amidine groups is 3. The van der Waals surface area contributed by atoms with Gasteiger partial charge in [-0.1, -0.05) is 33.4 Å². The molecule has 4 atom stereocenters. The molecule has 8 N–H and O–H groups in total. The number of aliphatic hydroxyl groups excluding tert-OH is 1. The van der Waals surface area contributed by atoms with Crippen LogP contribution < -0.4 is 21.7 Å². The Labute approximate surface area is 378 Å². The third kappa shape index (κ3) is 14.6. The average molecular weight is 929 g/mol. The molecule has 4 aromatic rings. The summed E-state index contributed by atoms with van der Waals surface area (Å²) in [4.78, 5) is 26.9. The number of carbonyl (C=O) groups excluding carboxylic acids is 2. The highest BCUT2D eigenvalue weighted by atomic mass is 32.2. The normalized spacial score (nSPS) is 15.6. The summed E-state index contributed by atoms with van der Waals surface area (Å²) in [7, 11) is 7.38. The Morgan fingerprint density at radius 2 is 1.16 bits per heavy atom. The van der Waals surface area contributed by atoms with Gasteiger partial charge in [0.2, 0.25) is 5.84 Å². The van der Waals surface area contributed by atoms with Crippen molar-refractivity contribution in [3.05, 3.63) is 94.8 Å². The molecule has 2 unspecified atom stereocenters. The molecule has 0 saturated carbocycles. The topological polar surface area (TPSA) is 283 Å². The number of furan rings is 2. The van der Waals surface area contributed by atoms with Crippen LogP contribution in [0.25, 0.3) is 0 Å². The Hall–Kier alpha value is -6.36. The Morgan fingerprint density at radius 3 is 1.59 bits per heavy atom. The molecule has 2 aromatic heterocycles. The number of hydrogen-bond acceptors (Lipinski definition) is 14. The molecule has 22 heteroatoms. The molecule has 0 bridgehead atoms. The van der Waals surface area contributed by atoms with Crippen molar-refractivity contribution in [1.29, 1.82) is 0 Å². The van der Waals surface area contributed by atoms with Crippen molar-refractivity contribution in [1.82, 2.24) is 15.1 Å². The fourth-order valence-electron chi connectivity index (χ4n) is 5.40. The number of aromatic hydroxyl groups is 2. The third-order valence-electron chi connectivity index (χ3n) is 8.62. The molecule has 2 amide bonds. The monoisotopic (exact) mass is 928 g/mol. The van der Waals surface area contributed by atoms with Crippen LogP contribution in [0, 0.1) is 13.8 Å². The molecule has 20 nitrogen and oxygen atoms in total. The maximum atomic E-state index is 12.2. The maximum Gasteiger partial charge on any atom is 0.271 e. The van der Waals surface area contributed by atoms with Gasteiger partial charge in [0, 0.05) is 35.3 Å². The zero-order valence-electron chi connectivity index (χ0n) is 36.8. The predicted molar refractivity (Wildman–Crippen MR) is 252 cm³/mol. The van der Waals surface area contributed by atoms with E-state index >= 15 is 0 Å². The highest BCUT2D eigenvalue weighted by Gasteiger charge is 2.26. The largest absolute Gasteiger partial charge is 0.505 e. The Morgan fingerprint density at radius 1 is 0.703 bits per heavy atom. The average Bonchev–Trinajstić information content (AvgIpc) is 4.06. The number of phenolic OH excluding ortho intramolecular Hbond substituents is 2. The standard InChI is InChI=1S/C19H23N5O4S.C13H16N4O4S.C8H13NO.CH4O.CH4/c1-5-13(15-10-9-11(2)28-15)20-17-18(23-29(27)22-17)21-14-8-6-7-12(16(14)25)19(26)24(3)4;1-4-21-12-11(15-22(20)16-12)14-9-7-5-6-8(10(9)18)13(19)17(2)3;1-3-7(9)8-5-4-6(2)10-8;1-2;/h6-10,13,25H,5H2,1-4H3,(H,20,22)(H,21,23);5-7,18H,4H2,1-3H3,(H,14,15);4-5,7H,3,9H2,1-2H3;2H,1H3;1H4/t13-,29?;;7-;;/m1.1../s1. The van der Waals surface area contributed by atoms with Crippen molar-refractivity contribution < 1.29 is 46.9 Å². The van der Waals surface area contributed by atoms with Gasteiger partial charge < -0.3 is 60.4 Å². The van der Waals surface area contributed by atoms with Crippen LogP contribution >= 0.6 is 0 Å². The van der Waals surface area contributed by atoms with Crippen molar-refractivity contribution >= 4 is 68.9 Å². The first-order valence-corrected chi connectivity index (χ1v) is 21.6. The van der Waals surface area contributed by atoms with E-state index < -0.39 is 22.3 Å². The summed E-state index contributed by atoms with van der Waals surface area (Å²) in [6.45, 7) is 9.90. The minimum absolute atomic E-state index is 0. The van der Waals surface area contributed by atoms with Gasteiger partial charge in [0.1, 0.15) is 23.0 Å². The number of hydrogen-bond donors (Lipinski definition) is 7. The quantitative estimate of drug-likeness (QED) is 0.0939. The Bertz CT molecular complexity index is 2370. The Kier molecular flexibility index (Phi) is 21.6. The fourth-order valence-corrected chi connectivity index (χ4v) is 6.63. The summed E-state index contributed by atoms with van der Waals surface area (Å²) in [5.41, 5.74) is 6.50. The minimum Gasteiger partial charge on any atom is -0.505 e. The van der Waals surface area contributed by atoms with E-state index in [1.807, 2.05) is 52.0 Å². The van der Waals surface area contributed by atoms with E-state index in [0.29, 0.717) is 13.0 Å². The van der Waals surface area contributed by atoms with Crippen LogP contribution in [0.15, 0.2) is 87.1 Å². The van der Waals surface area contributed by atoms with Gasteiger partial charge in [-0.25, -0.2) is 8.42 Å². The molecule has 0 fully saturated rings. The summed E-state index contributed by atoms with van der Waals surface area (Å²) in [6.07, 6.45) is 1.62. The number of carbonyl (C=O) groups is 2. The van der Waals surface area contributed by atoms with Crippen molar-refractivity contribution in [2.24, 2.45) is 23.3 Å². The molecular formula is C42H60N10O10S2. The predicted octanol–water partition coefficient (Wildman–Crippen LogP) is 5.71. The van der Waals surface area contributed by atoms with Gasteiger partial charge in [-0.05, 0) is 82.1 Å². The van der Waals surface area contributed by atoms with E-state index in [9.17, 15) is 28.2 Å². The lowest BCUT2D eigenvalue weighted by Crippen LogP contribution is -2.36. The zero-order valence-corrected chi connectivity index (χ0v) is 38.5.